The van der Waals surface area contributed by atoms with Gasteiger partial charge in [0.1, 0.15) is 11.6 Å². The molecule has 0 aliphatic heterocycles. The Kier molecular flexibility index (Phi) is 8.25. The lowest BCUT2D eigenvalue weighted by atomic mass is 10.0. The number of rotatable bonds is 8. The van der Waals surface area contributed by atoms with Crippen molar-refractivity contribution in [1.82, 2.24) is 19.9 Å². The number of nitrogens with zero attached hydrogens (tertiary/aromatic N) is 3. The van der Waals surface area contributed by atoms with Crippen molar-refractivity contribution in [3.8, 4) is 17.1 Å². The average molecular weight is 508 g/mol. The van der Waals surface area contributed by atoms with Gasteiger partial charge in [0, 0.05) is 18.8 Å². The lowest BCUT2D eigenvalue weighted by molar-refractivity contribution is -0.138. The second-order valence-corrected chi connectivity index (χ2v) is 8.02. The Labute approximate surface area is 203 Å². The van der Waals surface area contributed by atoms with Crippen LogP contribution < -0.4 is 20.9 Å². The van der Waals surface area contributed by atoms with E-state index < -0.39 is 29.3 Å². The number of carbonyl (C=O) groups is 1. The summed E-state index contributed by atoms with van der Waals surface area (Å²) in [4.78, 5) is 36.2. The van der Waals surface area contributed by atoms with Crippen LogP contribution in [0.5, 0.6) is 5.75 Å². The van der Waals surface area contributed by atoms with E-state index in [0.29, 0.717) is 24.7 Å². The number of aromatic amines is 1. The Balaban J connectivity index is 1.77. The van der Waals surface area contributed by atoms with E-state index in [9.17, 15) is 27.2 Å². The SMILES string of the molecule is CCCOc1cc(=O)[nH]cc1-c1ncc(NC(=O)Nc2cc(C(F)(F)F)c(CN(C)C)cc2F)cn1. The average Bonchev–Trinajstić information content (AvgIpc) is 2.79. The van der Waals surface area contributed by atoms with Crippen LogP contribution in [0.25, 0.3) is 11.4 Å². The zero-order valence-corrected chi connectivity index (χ0v) is 19.7. The third-order valence-corrected chi connectivity index (χ3v) is 4.73. The number of ether oxygens (including phenoxy) is 1. The Bertz CT molecular complexity index is 1280. The van der Waals surface area contributed by atoms with Crippen LogP contribution in [0.15, 0.2) is 41.6 Å². The maximum Gasteiger partial charge on any atom is 0.416 e. The van der Waals surface area contributed by atoms with Crippen LogP contribution in [-0.4, -0.2) is 46.6 Å². The second kappa shape index (κ2) is 11.2. The molecule has 1 aromatic carbocycles. The molecule has 3 N–H and O–H groups in total. The largest absolute Gasteiger partial charge is 0.493 e. The highest BCUT2D eigenvalue weighted by Crippen LogP contribution is 2.35. The Morgan fingerprint density at radius 2 is 1.83 bits per heavy atom. The monoisotopic (exact) mass is 508 g/mol. The van der Waals surface area contributed by atoms with Crippen molar-refractivity contribution in [2.75, 3.05) is 31.3 Å². The highest BCUT2D eigenvalue weighted by Gasteiger charge is 2.34. The van der Waals surface area contributed by atoms with E-state index in [4.69, 9.17) is 4.74 Å². The molecule has 0 saturated carbocycles. The van der Waals surface area contributed by atoms with Crippen LogP contribution in [0.2, 0.25) is 0 Å². The van der Waals surface area contributed by atoms with Gasteiger partial charge in [-0.3, -0.25) is 4.79 Å². The maximum atomic E-state index is 14.5. The van der Waals surface area contributed by atoms with Gasteiger partial charge in [0.25, 0.3) is 5.56 Å². The molecule has 3 aromatic rings. The molecule has 9 nitrogen and oxygen atoms in total. The third kappa shape index (κ3) is 6.78. The minimum absolute atomic E-state index is 0.0948. The molecule has 0 saturated heterocycles. The van der Waals surface area contributed by atoms with Gasteiger partial charge in [-0.05, 0) is 38.2 Å². The van der Waals surface area contributed by atoms with Gasteiger partial charge in [0.2, 0.25) is 0 Å². The summed E-state index contributed by atoms with van der Waals surface area (Å²) in [5, 5.41) is 4.42. The van der Waals surface area contributed by atoms with Crippen molar-refractivity contribution in [2.45, 2.75) is 26.1 Å². The molecule has 36 heavy (non-hydrogen) atoms. The number of alkyl halides is 3. The molecule has 0 aliphatic rings. The first-order chi connectivity index (χ1) is 17.0. The van der Waals surface area contributed by atoms with Gasteiger partial charge in [-0.1, -0.05) is 6.92 Å². The van der Waals surface area contributed by atoms with E-state index in [1.807, 2.05) is 6.92 Å². The molecule has 3 rings (SSSR count). The number of carbonyl (C=O) groups excluding carboxylic acids is 1. The van der Waals surface area contributed by atoms with E-state index in [1.54, 1.807) is 14.1 Å². The topological polar surface area (TPSA) is 112 Å². The predicted molar refractivity (Wildman–Crippen MR) is 125 cm³/mol. The van der Waals surface area contributed by atoms with Crippen molar-refractivity contribution in [3.63, 3.8) is 0 Å². The molecule has 2 heterocycles. The number of halogens is 4. The molecule has 0 atom stereocenters. The first kappa shape index (κ1) is 26.6. The quantitative estimate of drug-likeness (QED) is 0.387. The minimum Gasteiger partial charge on any atom is -0.493 e. The summed E-state index contributed by atoms with van der Waals surface area (Å²) in [5.74, 6) is -0.535. The normalized spacial score (nSPS) is 11.4. The van der Waals surface area contributed by atoms with E-state index >= 15 is 0 Å². The molecule has 0 aliphatic carbocycles. The maximum absolute atomic E-state index is 14.5. The molecular weight excluding hydrogens is 484 g/mol. The van der Waals surface area contributed by atoms with Gasteiger partial charge in [-0.25, -0.2) is 19.2 Å². The number of benzene rings is 1. The van der Waals surface area contributed by atoms with Crippen molar-refractivity contribution in [2.24, 2.45) is 0 Å². The molecule has 2 aromatic heterocycles. The first-order valence-electron chi connectivity index (χ1n) is 10.8. The van der Waals surface area contributed by atoms with Crippen LogP contribution in [-0.2, 0) is 12.7 Å². The van der Waals surface area contributed by atoms with Crippen molar-refractivity contribution in [3.05, 3.63) is 64.1 Å². The van der Waals surface area contributed by atoms with Gasteiger partial charge < -0.3 is 25.3 Å². The molecule has 0 unspecified atom stereocenters. The van der Waals surface area contributed by atoms with E-state index in [1.165, 1.54) is 29.6 Å². The number of anilines is 2. The summed E-state index contributed by atoms with van der Waals surface area (Å²) < 4.78 is 60.5. The Hall–Kier alpha value is -4.00. The van der Waals surface area contributed by atoms with Crippen molar-refractivity contribution >= 4 is 17.4 Å². The van der Waals surface area contributed by atoms with Crippen LogP contribution in [0.1, 0.15) is 24.5 Å². The number of pyridine rings is 1. The van der Waals surface area contributed by atoms with Gasteiger partial charge in [0.15, 0.2) is 5.82 Å². The zero-order valence-electron chi connectivity index (χ0n) is 19.7. The molecular formula is C23H24F4N6O3. The number of aromatic nitrogens is 3. The zero-order chi connectivity index (χ0) is 26.5. The molecule has 0 bridgehead atoms. The Morgan fingerprint density at radius 3 is 2.44 bits per heavy atom. The lowest BCUT2D eigenvalue weighted by Crippen LogP contribution is -2.22. The van der Waals surface area contributed by atoms with Gasteiger partial charge in [0.05, 0.1) is 41.5 Å². The van der Waals surface area contributed by atoms with E-state index in [2.05, 4.69) is 25.6 Å². The van der Waals surface area contributed by atoms with Crippen molar-refractivity contribution in [1.29, 1.82) is 0 Å². The predicted octanol–water partition coefficient (Wildman–Crippen LogP) is 4.48. The molecule has 0 fully saturated rings. The summed E-state index contributed by atoms with van der Waals surface area (Å²) in [6.07, 6.45) is -0.141. The summed E-state index contributed by atoms with van der Waals surface area (Å²) in [7, 11) is 3.11. The number of H-pyrrole nitrogens is 1. The number of hydrogen-bond donors (Lipinski definition) is 3. The molecule has 0 radical (unpaired) electrons. The molecule has 0 spiro atoms. The Morgan fingerprint density at radius 1 is 1.14 bits per heavy atom. The molecule has 192 valence electrons. The minimum atomic E-state index is -4.74. The summed E-state index contributed by atoms with van der Waals surface area (Å²) in [5.41, 5.74) is -1.80. The first-order valence-corrected chi connectivity index (χ1v) is 10.8. The van der Waals surface area contributed by atoms with Gasteiger partial charge in [-0.2, -0.15) is 13.2 Å². The second-order valence-electron chi connectivity index (χ2n) is 8.02. The van der Waals surface area contributed by atoms with Crippen LogP contribution in [0, 0.1) is 5.82 Å². The highest BCUT2D eigenvalue weighted by molar-refractivity contribution is 5.99. The van der Waals surface area contributed by atoms with Crippen molar-refractivity contribution < 1.29 is 27.1 Å². The van der Waals surface area contributed by atoms with E-state index in [0.717, 1.165) is 6.07 Å². The molecule has 13 heteroatoms. The van der Waals surface area contributed by atoms with Gasteiger partial charge in [-0.15, -0.1) is 0 Å². The van der Waals surface area contributed by atoms with Crippen LogP contribution >= 0.6 is 0 Å². The number of amides is 2. The number of hydrogen-bond acceptors (Lipinski definition) is 6. The van der Waals surface area contributed by atoms with Crippen LogP contribution in [0.3, 0.4) is 0 Å². The highest BCUT2D eigenvalue weighted by atomic mass is 19.4. The number of urea groups is 1. The lowest BCUT2D eigenvalue weighted by Gasteiger charge is -2.18. The smallest absolute Gasteiger partial charge is 0.416 e. The fraction of sp³-hybridized carbons (Fsp3) is 0.304. The standard InChI is InChI=1S/C23H24F4N6O3/c1-4-5-36-19-8-20(34)28-11-15(19)21-29-9-14(10-30-21)31-22(35)32-18-7-16(23(25,26)27)13(6-17(18)24)12-33(2)3/h6-11H,4-5,12H2,1-3H3,(H,28,34)(H2,31,32,35). The fourth-order valence-electron chi connectivity index (χ4n) is 3.22. The molecule has 2 amide bonds. The summed E-state index contributed by atoms with van der Waals surface area (Å²) in [6, 6.07) is 1.58. The van der Waals surface area contributed by atoms with Crippen LogP contribution in [0.4, 0.5) is 33.7 Å². The summed E-state index contributed by atoms with van der Waals surface area (Å²) >= 11 is 0. The summed E-state index contributed by atoms with van der Waals surface area (Å²) in [6.45, 7) is 2.14. The third-order valence-electron chi connectivity index (χ3n) is 4.73. The van der Waals surface area contributed by atoms with E-state index in [-0.39, 0.29) is 34.9 Å². The van der Waals surface area contributed by atoms with Gasteiger partial charge >= 0.3 is 12.2 Å². The fourth-order valence-corrected chi connectivity index (χ4v) is 3.22. The number of nitrogens with one attached hydrogen (secondary N) is 3.